The second-order valence-corrected chi connectivity index (χ2v) is 2.31. The highest BCUT2D eigenvalue weighted by Crippen LogP contribution is 2.17. The molecule has 52 valence electrons. The van der Waals surface area contributed by atoms with Gasteiger partial charge in [-0.05, 0) is 0 Å². The summed E-state index contributed by atoms with van der Waals surface area (Å²) in [6.45, 7) is 10.5. The van der Waals surface area contributed by atoms with Crippen molar-refractivity contribution >= 4 is 5.82 Å². The molecule has 1 rings (SSSR count). The predicted molar refractivity (Wildman–Crippen MR) is 36.9 cm³/mol. The zero-order valence-electron chi connectivity index (χ0n) is 5.96. The molecule has 0 spiro atoms. The molecule has 3 heteroatoms. The van der Waals surface area contributed by atoms with Gasteiger partial charge >= 0.3 is 5.82 Å². The summed E-state index contributed by atoms with van der Waals surface area (Å²) in [5.41, 5.74) is 0. The van der Waals surface area contributed by atoms with E-state index in [-0.39, 0.29) is 5.92 Å². The Bertz CT molecular complexity index is 257. The number of hydrogen-bond acceptors (Lipinski definition) is 2. The van der Waals surface area contributed by atoms with Gasteiger partial charge in [-0.1, -0.05) is 25.4 Å². The Morgan fingerprint density at radius 1 is 1.70 bits per heavy atom. The first-order valence-corrected chi connectivity index (χ1v) is 3.07. The average molecular weight is 136 g/mol. The molecule has 0 aromatic carbocycles. The van der Waals surface area contributed by atoms with Gasteiger partial charge in [0.1, 0.15) is 6.26 Å². The van der Waals surface area contributed by atoms with Gasteiger partial charge in [-0.15, -0.1) is 0 Å². The molecule has 0 saturated heterocycles. The minimum atomic E-state index is 0.260. The Hall–Kier alpha value is -1.30. The average Bonchev–Trinajstić information content (AvgIpc) is 2.34. The van der Waals surface area contributed by atoms with Crippen molar-refractivity contribution in [1.82, 2.24) is 4.98 Å². The van der Waals surface area contributed by atoms with Crippen LogP contribution in [0.25, 0.3) is 4.85 Å². The van der Waals surface area contributed by atoms with Crippen molar-refractivity contribution in [2.75, 3.05) is 0 Å². The van der Waals surface area contributed by atoms with E-state index in [1.54, 1.807) is 0 Å². The first-order valence-electron chi connectivity index (χ1n) is 3.07. The molecule has 1 aromatic heterocycles. The fraction of sp³-hybridized carbons (Fsp3) is 0.429. The summed E-state index contributed by atoms with van der Waals surface area (Å²) in [6, 6.07) is 0. The molecule has 0 fully saturated rings. The maximum Gasteiger partial charge on any atom is 0.308 e. The van der Waals surface area contributed by atoms with Crippen LogP contribution in [0.3, 0.4) is 0 Å². The van der Waals surface area contributed by atoms with E-state index in [2.05, 4.69) is 9.83 Å². The lowest BCUT2D eigenvalue weighted by molar-refractivity contribution is 0.471. The van der Waals surface area contributed by atoms with Gasteiger partial charge in [0.05, 0.1) is 5.92 Å². The van der Waals surface area contributed by atoms with E-state index in [1.165, 1.54) is 6.26 Å². The van der Waals surface area contributed by atoms with Crippen molar-refractivity contribution in [3.05, 3.63) is 23.6 Å². The zero-order valence-corrected chi connectivity index (χ0v) is 5.96. The van der Waals surface area contributed by atoms with Gasteiger partial charge in [-0.3, -0.25) is 0 Å². The van der Waals surface area contributed by atoms with Gasteiger partial charge in [0, 0.05) is 0 Å². The third-order valence-corrected chi connectivity index (χ3v) is 1.12. The third-order valence-electron chi connectivity index (χ3n) is 1.12. The number of hydrogen-bond donors (Lipinski definition) is 0. The molecule has 0 aliphatic carbocycles. The molecule has 0 bridgehead atoms. The maximum absolute atomic E-state index is 6.60. The smallest absolute Gasteiger partial charge is 0.308 e. The fourth-order valence-corrected chi connectivity index (χ4v) is 0.595. The minimum Gasteiger partial charge on any atom is -0.442 e. The molecule has 1 heterocycles. The number of aromatic nitrogens is 1. The molecule has 0 atom stereocenters. The molecule has 0 unspecified atom stereocenters. The molecule has 1 aromatic rings. The Balaban J connectivity index is 2.91. The van der Waals surface area contributed by atoms with E-state index in [0.29, 0.717) is 11.7 Å². The van der Waals surface area contributed by atoms with Crippen molar-refractivity contribution < 1.29 is 4.42 Å². The van der Waals surface area contributed by atoms with Crippen molar-refractivity contribution in [1.29, 1.82) is 0 Å². The zero-order chi connectivity index (χ0) is 7.56. The van der Waals surface area contributed by atoms with E-state index in [1.807, 2.05) is 13.8 Å². The Morgan fingerprint density at radius 3 is 2.70 bits per heavy atom. The quantitative estimate of drug-likeness (QED) is 0.555. The van der Waals surface area contributed by atoms with Crippen LogP contribution in [0.4, 0.5) is 5.82 Å². The van der Waals surface area contributed by atoms with Gasteiger partial charge in [0.25, 0.3) is 5.89 Å². The first kappa shape index (κ1) is 6.81. The van der Waals surface area contributed by atoms with E-state index in [0.717, 1.165) is 0 Å². The summed E-state index contributed by atoms with van der Waals surface area (Å²) in [4.78, 5) is 7.03. The second kappa shape index (κ2) is 2.53. The number of rotatable bonds is 1. The van der Waals surface area contributed by atoms with Crippen molar-refractivity contribution in [3.63, 3.8) is 0 Å². The lowest BCUT2D eigenvalue weighted by Crippen LogP contribution is -1.84. The summed E-state index contributed by atoms with van der Waals surface area (Å²) in [6.07, 6.45) is 1.38. The number of nitrogens with zero attached hydrogens (tertiary/aromatic N) is 2. The van der Waals surface area contributed by atoms with E-state index < -0.39 is 0 Å². The first-order chi connectivity index (χ1) is 4.74. The summed E-state index contributed by atoms with van der Waals surface area (Å²) in [5.74, 6) is 1.23. The van der Waals surface area contributed by atoms with Crippen LogP contribution in [-0.4, -0.2) is 4.98 Å². The summed E-state index contributed by atoms with van der Waals surface area (Å²) in [5, 5.41) is 0. The Morgan fingerprint density at radius 2 is 2.40 bits per heavy atom. The van der Waals surface area contributed by atoms with Crippen molar-refractivity contribution in [3.8, 4) is 0 Å². The van der Waals surface area contributed by atoms with Crippen LogP contribution in [0.15, 0.2) is 10.7 Å². The van der Waals surface area contributed by atoms with Crippen LogP contribution in [0, 0.1) is 6.57 Å². The highest BCUT2D eigenvalue weighted by molar-refractivity contribution is 5.31. The van der Waals surface area contributed by atoms with E-state index in [4.69, 9.17) is 11.0 Å². The van der Waals surface area contributed by atoms with Crippen LogP contribution in [-0.2, 0) is 0 Å². The monoisotopic (exact) mass is 136 g/mol. The topological polar surface area (TPSA) is 30.4 Å². The van der Waals surface area contributed by atoms with Crippen LogP contribution >= 0.6 is 0 Å². The molecule has 3 nitrogen and oxygen atoms in total. The Labute approximate surface area is 59.5 Å². The molecule has 0 aliphatic heterocycles. The largest absolute Gasteiger partial charge is 0.442 e. The molecular weight excluding hydrogens is 128 g/mol. The maximum atomic E-state index is 6.60. The van der Waals surface area contributed by atoms with Crippen LogP contribution in [0.1, 0.15) is 25.7 Å². The van der Waals surface area contributed by atoms with Crippen LogP contribution in [0.2, 0.25) is 0 Å². The van der Waals surface area contributed by atoms with Crippen LogP contribution in [0.5, 0.6) is 0 Å². The van der Waals surface area contributed by atoms with Gasteiger partial charge in [-0.25, -0.2) is 0 Å². The van der Waals surface area contributed by atoms with Crippen molar-refractivity contribution in [2.24, 2.45) is 0 Å². The molecule has 0 N–H and O–H groups in total. The molecule has 0 saturated carbocycles. The minimum absolute atomic E-state index is 0.260. The summed E-state index contributed by atoms with van der Waals surface area (Å²) < 4.78 is 4.99. The lowest BCUT2D eigenvalue weighted by Gasteiger charge is -1.88. The Kier molecular flexibility index (Phi) is 1.72. The highest BCUT2D eigenvalue weighted by atomic mass is 16.3. The summed E-state index contributed by atoms with van der Waals surface area (Å²) >= 11 is 0. The third kappa shape index (κ3) is 1.16. The standard InChI is InChI=1S/C7H8N2O/c1-5(2)7-9-6(8-3)4-10-7/h4-5H,1-2H3. The van der Waals surface area contributed by atoms with Gasteiger partial charge in [0.15, 0.2) is 0 Å². The summed E-state index contributed by atoms with van der Waals surface area (Å²) in [7, 11) is 0. The molecule has 0 aliphatic rings. The van der Waals surface area contributed by atoms with E-state index in [9.17, 15) is 0 Å². The molecular formula is C7H8N2O. The lowest BCUT2D eigenvalue weighted by atomic mass is 10.2. The second-order valence-electron chi connectivity index (χ2n) is 2.31. The molecule has 10 heavy (non-hydrogen) atoms. The predicted octanol–water partition coefficient (Wildman–Crippen LogP) is 2.35. The van der Waals surface area contributed by atoms with Gasteiger partial charge in [-0.2, -0.15) is 0 Å². The number of oxazole rings is 1. The van der Waals surface area contributed by atoms with Gasteiger partial charge < -0.3 is 9.26 Å². The normalized spacial score (nSPS) is 9.80. The van der Waals surface area contributed by atoms with Gasteiger partial charge in [0.2, 0.25) is 0 Å². The SMILES string of the molecule is [C-]#[N+]c1coc(C(C)C)n1. The van der Waals surface area contributed by atoms with E-state index >= 15 is 0 Å². The molecule has 0 amide bonds. The van der Waals surface area contributed by atoms with Crippen LogP contribution < -0.4 is 0 Å². The highest BCUT2D eigenvalue weighted by Gasteiger charge is 2.10. The van der Waals surface area contributed by atoms with Crippen molar-refractivity contribution in [2.45, 2.75) is 19.8 Å². The fourth-order valence-electron chi connectivity index (χ4n) is 0.595. The molecule has 0 radical (unpaired) electrons.